The highest BCUT2D eigenvalue weighted by atomic mass is 35.6. The number of carbonyl (C=O) groups is 2. The van der Waals surface area contributed by atoms with Gasteiger partial charge in [0.1, 0.15) is 24.9 Å². The summed E-state index contributed by atoms with van der Waals surface area (Å²) in [6.07, 6.45) is -5.53. The second kappa shape index (κ2) is 14.1. The first-order valence-electron chi connectivity index (χ1n) is 11.6. The number of benzene rings is 2. The Balaban J connectivity index is 1.96. The van der Waals surface area contributed by atoms with Gasteiger partial charge in [-0.15, -0.1) is 0 Å². The zero-order chi connectivity index (χ0) is 27.7. The third kappa shape index (κ3) is 9.11. The van der Waals surface area contributed by atoms with E-state index in [9.17, 15) is 9.59 Å². The van der Waals surface area contributed by atoms with Gasteiger partial charge < -0.3 is 28.4 Å². The Bertz CT molecular complexity index is 1070. The Morgan fingerprint density at radius 1 is 0.816 bits per heavy atom. The summed E-state index contributed by atoms with van der Waals surface area (Å²) in [5, 5.41) is 8.03. The lowest BCUT2D eigenvalue weighted by Crippen LogP contribution is -2.62. The molecule has 2 aromatic rings. The summed E-state index contributed by atoms with van der Waals surface area (Å²) in [5.74, 6) is -1.98. The van der Waals surface area contributed by atoms with Crippen LogP contribution in [-0.4, -0.2) is 58.9 Å². The molecule has 1 aliphatic rings. The van der Waals surface area contributed by atoms with E-state index in [1.807, 2.05) is 60.7 Å². The third-order valence-electron chi connectivity index (χ3n) is 5.41. The SMILES string of the molecule is CC(=O)OCC1O[C@H](OC(=N)C(Cl)(Cl)Cl)C(OC(C)=O)[C@H](OCc2ccccc2)[C@@H]1OCc1ccccc1. The van der Waals surface area contributed by atoms with Crippen molar-refractivity contribution in [1.82, 2.24) is 0 Å². The van der Waals surface area contributed by atoms with Gasteiger partial charge in [0.05, 0.1) is 13.2 Å². The average molecular weight is 589 g/mol. The van der Waals surface area contributed by atoms with Crippen molar-refractivity contribution >= 4 is 52.6 Å². The number of carbonyl (C=O) groups excluding carboxylic acids is 2. The van der Waals surface area contributed by atoms with Gasteiger partial charge in [0.15, 0.2) is 6.10 Å². The van der Waals surface area contributed by atoms with E-state index >= 15 is 0 Å². The monoisotopic (exact) mass is 587 g/mol. The molecule has 38 heavy (non-hydrogen) atoms. The normalized spacial score (nSPS) is 23.3. The molecule has 2 aromatic carbocycles. The van der Waals surface area contributed by atoms with Gasteiger partial charge in [0, 0.05) is 13.8 Å². The van der Waals surface area contributed by atoms with Crippen molar-refractivity contribution in [3.8, 4) is 0 Å². The predicted molar refractivity (Wildman–Crippen MR) is 140 cm³/mol. The first-order chi connectivity index (χ1) is 18.0. The van der Waals surface area contributed by atoms with Gasteiger partial charge in [-0.3, -0.25) is 15.0 Å². The maximum absolute atomic E-state index is 12.1. The van der Waals surface area contributed by atoms with Crippen molar-refractivity contribution in [2.75, 3.05) is 6.61 Å². The van der Waals surface area contributed by atoms with E-state index in [4.69, 9.17) is 68.6 Å². The summed E-state index contributed by atoms with van der Waals surface area (Å²) in [7, 11) is 0. The molecule has 0 amide bonds. The zero-order valence-electron chi connectivity index (χ0n) is 20.7. The fourth-order valence-corrected chi connectivity index (χ4v) is 3.87. The molecule has 9 nitrogen and oxygen atoms in total. The van der Waals surface area contributed by atoms with Crippen LogP contribution >= 0.6 is 34.8 Å². The number of rotatable bonds is 10. The lowest BCUT2D eigenvalue weighted by Gasteiger charge is -2.45. The minimum atomic E-state index is -2.21. The van der Waals surface area contributed by atoms with Gasteiger partial charge in [0.25, 0.3) is 3.79 Å². The van der Waals surface area contributed by atoms with E-state index in [2.05, 4.69) is 0 Å². The van der Waals surface area contributed by atoms with Crippen molar-refractivity contribution in [3.05, 3.63) is 71.8 Å². The van der Waals surface area contributed by atoms with Crippen molar-refractivity contribution in [2.45, 2.75) is 61.6 Å². The Morgan fingerprint density at radius 3 is 1.82 bits per heavy atom. The van der Waals surface area contributed by atoms with Crippen LogP contribution in [-0.2, 0) is 51.2 Å². The lowest BCUT2D eigenvalue weighted by atomic mass is 9.98. The topological polar surface area (TPSA) is 113 Å². The molecule has 1 fully saturated rings. The van der Waals surface area contributed by atoms with E-state index in [1.165, 1.54) is 13.8 Å². The number of nitrogens with one attached hydrogen (secondary N) is 1. The highest BCUT2D eigenvalue weighted by Crippen LogP contribution is 2.34. The van der Waals surface area contributed by atoms with Crippen LogP contribution in [0.2, 0.25) is 0 Å². The van der Waals surface area contributed by atoms with Crippen LogP contribution in [0, 0.1) is 5.41 Å². The Kier molecular flexibility index (Phi) is 11.2. The number of hydrogen-bond donors (Lipinski definition) is 1. The van der Waals surface area contributed by atoms with Crippen LogP contribution in [0.15, 0.2) is 60.7 Å². The number of ether oxygens (including phenoxy) is 6. The quantitative estimate of drug-likeness (QED) is 0.183. The maximum Gasteiger partial charge on any atom is 0.303 e. The Morgan fingerprint density at radius 2 is 1.34 bits per heavy atom. The van der Waals surface area contributed by atoms with Crippen LogP contribution in [0.4, 0.5) is 0 Å². The number of hydrogen-bond acceptors (Lipinski definition) is 9. The molecule has 12 heteroatoms. The highest BCUT2D eigenvalue weighted by molar-refractivity contribution is 6.76. The second-order valence-corrected chi connectivity index (χ2v) is 10.7. The molecule has 0 aliphatic carbocycles. The molecular weight excluding hydrogens is 561 g/mol. The van der Waals surface area contributed by atoms with Crippen LogP contribution in [0.25, 0.3) is 0 Å². The molecule has 1 aliphatic heterocycles. The van der Waals surface area contributed by atoms with E-state index in [0.717, 1.165) is 11.1 Å². The Labute approximate surface area is 235 Å². The van der Waals surface area contributed by atoms with Crippen LogP contribution in [0.3, 0.4) is 0 Å². The smallest absolute Gasteiger partial charge is 0.303 e. The highest BCUT2D eigenvalue weighted by Gasteiger charge is 2.52. The summed E-state index contributed by atoms with van der Waals surface area (Å²) >= 11 is 17.4. The minimum Gasteiger partial charge on any atom is -0.463 e. The maximum atomic E-state index is 12.1. The molecule has 5 atom stereocenters. The molecule has 0 bridgehead atoms. The van der Waals surface area contributed by atoms with E-state index in [-0.39, 0.29) is 19.8 Å². The summed E-state index contributed by atoms with van der Waals surface area (Å²) in [6, 6.07) is 18.7. The van der Waals surface area contributed by atoms with Crippen LogP contribution in [0.1, 0.15) is 25.0 Å². The predicted octanol–water partition coefficient (Wildman–Crippen LogP) is 4.74. The number of halogens is 3. The first kappa shape index (κ1) is 30.1. The van der Waals surface area contributed by atoms with Gasteiger partial charge in [0.2, 0.25) is 12.2 Å². The van der Waals surface area contributed by atoms with E-state index < -0.39 is 52.3 Å². The molecule has 1 heterocycles. The second-order valence-electron chi connectivity index (χ2n) is 8.39. The number of alkyl halides is 3. The summed E-state index contributed by atoms with van der Waals surface area (Å²) in [4.78, 5) is 23.7. The van der Waals surface area contributed by atoms with Gasteiger partial charge in [-0.25, -0.2) is 0 Å². The lowest BCUT2D eigenvalue weighted by molar-refractivity contribution is -0.304. The zero-order valence-corrected chi connectivity index (χ0v) is 22.9. The van der Waals surface area contributed by atoms with Crippen molar-refractivity contribution in [3.63, 3.8) is 0 Å². The summed E-state index contributed by atoms with van der Waals surface area (Å²) in [6.45, 7) is 2.48. The molecular formula is C26H28Cl3NO8. The molecule has 1 N–H and O–H groups in total. The van der Waals surface area contributed by atoms with Gasteiger partial charge in [-0.05, 0) is 11.1 Å². The van der Waals surface area contributed by atoms with Crippen molar-refractivity contribution in [1.29, 1.82) is 5.41 Å². The standard InChI is InChI=1S/C26H28Cl3NO8/c1-16(31)33-15-20-21(34-13-18-9-5-3-6-10-18)22(35-14-19-11-7-4-8-12-19)23(36-17(2)32)24(37-20)38-25(30)26(27,28)29/h3-12,20-24,30H,13-15H2,1-2H3/t20?,21-,22-,23?,24-/m1/s1. The molecule has 2 unspecified atom stereocenters. The number of esters is 2. The van der Waals surface area contributed by atoms with Gasteiger partial charge >= 0.3 is 11.9 Å². The summed E-state index contributed by atoms with van der Waals surface area (Å²) < 4.78 is 32.5. The molecule has 0 radical (unpaired) electrons. The largest absolute Gasteiger partial charge is 0.463 e. The molecule has 0 aromatic heterocycles. The van der Waals surface area contributed by atoms with Crippen molar-refractivity contribution in [2.24, 2.45) is 0 Å². The fourth-order valence-electron chi connectivity index (χ4n) is 3.73. The summed E-state index contributed by atoms with van der Waals surface area (Å²) in [5.41, 5.74) is 1.70. The molecule has 3 rings (SSSR count). The van der Waals surface area contributed by atoms with Gasteiger partial charge in [-0.1, -0.05) is 95.5 Å². The van der Waals surface area contributed by atoms with Crippen molar-refractivity contribution < 1.29 is 38.0 Å². The average Bonchev–Trinajstić information content (AvgIpc) is 2.87. The van der Waals surface area contributed by atoms with Crippen LogP contribution < -0.4 is 0 Å². The Hall–Kier alpha value is -2.40. The molecule has 1 saturated heterocycles. The fraction of sp³-hybridized carbons (Fsp3) is 0.423. The van der Waals surface area contributed by atoms with E-state index in [1.54, 1.807) is 0 Å². The van der Waals surface area contributed by atoms with Crippen LogP contribution in [0.5, 0.6) is 0 Å². The molecule has 206 valence electrons. The molecule has 0 saturated carbocycles. The van der Waals surface area contributed by atoms with Gasteiger partial charge in [-0.2, -0.15) is 0 Å². The minimum absolute atomic E-state index is 0.114. The first-order valence-corrected chi connectivity index (χ1v) is 12.8. The molecule has 0 spiro atoms. The third-order valence-corrected chi connectivity index (χ3v) is 5.92. The van der Waals surface area contributed by atoms with E-state index in [0.29, 0.717) is 0 Å².